The van der Waals surface area contributed by atoms with Crippen molar-refractivity contribution in [1.29, 1.82) is 5.41 Å². The molecule has 4 N–H and O–H groups in total. The summed E-state index contributed by atoms with van der Waals surface area (Å²) in [5.74, 6) is -0.00986. The topological polar surface area (TPSA) is 115 Å². The van der Waals surface area contributed by atoms with Crippen molar-refractivity contribution >= 4 is 24.2 Å². The van der Waals surface area contributed by atoms with Gasteiger partial charge < -0.3 is 21.1 Å². The Morgan fingerprint density at radius 2 is 1.76 bits per heavy atom. The zero-order valence-corrected chi connectivity index (χ0v) is 18.6. The van der Waals surface area contributed by atoms with Crippen molar-refractivity contribution in [2.24, 2.45) is 4.99 Å². The van der Waals surface area contributed by atoms with Crippen LogP contribution in [0.25, 0.3) is 0 Å². The lowest BCUT2D eigenvalue weighted by Crippen LogP contribution is -2.41. The van der Waals surface area contributed by atoms with Gasteiger partial charge in [0.15, 0.2) is 5.78 Å². The molecule has 0 bridgehead atoms. The first-order chi connectivity index (χ1) is 13.6. The number of aliphatic hydroxyl groups excluding tert-OH is 1. The number of amides is 2. The maximum Gasteiger partial charge on any atom is 0.319 e. The summed E-state index contributed by atoms with van der Waals surface area (Å²) in [5.41, 5.74) is 3.07. The molecule has 29 heavy (non-hydrogen) atoms. The molecule has 1 atom stereocenters. The third-order valence-corrected chi connectivity index (χ3v) is 4.41. The van der Waals surface area contributed by atoms with Crippen molar-refractivity contribution in [2.75, 3.05) is 6.61 Å². The summed E-state index contributed by atoms with van der Waals surface area (Å²) in [5, 5.41) is 22.8. The predicted octanol–water partition coefficient (Wildman–Crippen LogP) is 4.05. The Hall–Kier alpha value is -2.54. The SMILES string of the molecule is C=N/C(CCC)=C(\C=C(/C)C(=N)/C(C)=C(\C)NC(=O)N[C@H](C)CO)C(=O)CCC. The summed E-state index contributed by atoms with van der Waals surface area (Å²) >= 11 is 0. The molecule has 0 aromatic heterocycles. The fourth-order valence-electron chi connectivity index (χ4n) is 2.56. The van der Waals surface area contributed by atoms with Gasteiger partial charge in [0, 0.05) is 17.7 Å². The van der Waals surface area contributed by atoms with E-state index in [0.717, 1.165) is 12.8 Å². The first-order valence-corrected chi connectivity index (χ1v) is 9.99. The van der Waals surface area contributed by atoms with E-state index < -0.39 is 6.03 Å². The minimum Gasteiger partial charge on any atom is -0.394 e. The number of aliphatic hydroxyl groups is 1. The molecule has 0 heterocycles. The minimum absolute atomic E-state index is 0.00986. The number of urea groups is 1. The van der Waals surface area contributed by atoms with Crippen molar-refractivity contribution in [3.63, 3.8) is 0 Å². The number of Topliss-reactive ketones (excluding diaryl/α,β-unsaturated/α-hetero) is 1. The summed E-state index contributed by atoms with van der Waals surface area (Å²) in [6.07, 6.45) is 4.32. The van der Waals surface area contributed by atoms with E-state index in [9.17, 15) is 9.59 Å². The predicted molar refractivity (Wildman–Crippen MR) is 119 cm³/mol. The van der Waals surface area contributed by atoms with Crippen LogP contribution in [-0.2, 0) is 4.79 Å². The fraction of sp³-hybridized carbons (Fsp3) is 0.545. The van der Waals surface area contributed by atoms with Crippen molar-refractivity contribution in [3.05, 3.63) is 34.2 Å². The van der Waals surface area contributed by atoms with Crippen LogP contribution in [0.4, 0.5) is 4.79 Å². The molecule has 7 heteroatoms. The van der Waals surface area contributed by atoms with Gasteiger partial charge in [-0.05, 0) is 64.5 Å². The van der Waals surface area contributed by atoms with Crippen LogP contribution in [0, 0.1) is 5.41 Å². The average Bonchev–Trinajstić information content (AvgIpc) is 2.68. The number of aliphatic imine (C=N–C) groups is 1. The van der Waals surface area contributed by atoms with E-state index >= 15 is 0 Å². The van der Waals surface area contributed by atoms with Gasteiger partial charge in [0.05, 0.1) is 24.1 Å². The first kappa shape index (κ1) is 26.5. The number of rotatable bonds is 12. The largest absolute Gasteiger partial charge is 0.394 e. The van der Waals surface area contributed by atoms with E-state index in [1.165, 1.54) is 0 Å². The summed E-state index contributed by atoms with van der Waals surface area (Å²) in [7, 11) is 0. The van der Waals surface area contributed by atoms with Crippen LogP contribution in [0.1, 0.15) is 67.2 Å². The number of hydrogen-bond acceptors (Lipinski definition) is 5. The fourth-order valence-corrected chi connectivity index (χ4v) is 2.56. The molecule has 0 spiro atoms. The number of nitrogens with zero attached hydrogens (tertiary/aromatic N) is 1. The molecule has 0 fully saturated rings. The maximum atomic E-state index is 12.6. The van der Waals surface area contributed by atoms with Gasteiger partial charge in [-0.3, -0.25) is 9.79 Å². The monoisotopic (exact) mass is 404 g/mol. The van der Waals surface area contributed by atoms with Crippen molar-refractivity contribution < 1.29 is 14.7 Å². The number of allylic oxidation sites excluding steroid dienone is 6. The quantitative estimate of drug-likeness (QED) is 0.223. The van der Waals surface area contributed by atoms with Crippen molar-refractivity contribution in [1.82, 2.24) is 10.6 Å². The van der Waals surface area contributed by atoms with Crippen molar-refractivity contribution in [2.45, 2.75) is 73.3 Å². The molecule has 0 rings (SSSR count). The Morgan fingerprint density at radius 1 is 1.17 bits per heavy atom. The van der Waals surface area contributed by atoms with E-state index in [0.29, 0.717) is 41.0 Å². The highest BCUT2D eigenvalue weighted by Gasteiger charge is 2.15. The molecule has 2 amide bonds. The standard InChI is InChI=1S/C22H36N4O3/c1-8-10-19(24-7)18(20(28)11-9-2)12-14(3)21(23)16(5)17(6)26-22(29)25-15(4)13-27/h12,15,23,27H,7-11,13H2,1-6H3,(H2,25,26,29)/b14-12+,17-16+,19-18+,23-21?/t15-/m1/s1. The van der Waals surface area contributed by atoms with Crippen LogP contribution >= 0.6 is 0 Å². The van der Waals surface area contributed by atoms with E-state index in [4.69, 9.17) is 10.5 Å². The summed E-state index contributed by atoms with van der Waals surface area (Å²) in [6, 6.07) is -0.817. The van der Waals surface area contributed by atoms with Gasteiger partial charge in [0.2, 0.25) is 0 Å². The van der Waals surface area contributed by atoms with Gasteiger partial charge in [0.25, 0.3) is 0 Å². The van der Waals surface area contributed by atoms with E-state index in [2.05, 4.69) is 22.3 Å². The zero-order chi connectivity index (χ0) is 22.6. The average molecular weight is 405 g/mol. The smallest absolute Gasteiger partial charge is 0.319 e. The second kappa shape index (κ2) is 13.6. The molecule has 0 unspecified atom stereocenters. The summed E-state index contributed by atoms with van der Waals surface area (Å²) in [6.45, 7) is 14.3. The molecular formula is C22H36N4O3. The number of hydrogen-bond donors (Lipinski definition) is 4. The molecule has 7 nitrogen and oxygen atoms in total. The molecule has 0 saturated carbocycles. The second-order valence-electron chi connectivity index (χ2n) is 7.08. The van der Waals surface area contributed by atoms with Gasteiger partial charge in [0.1, 0.15) is 0 Å². The van der Waals surface area contributed by atoms with Gasteiger partial charge >= 0.3 is 6.03 Å². The van der Waals surface area contributed by atoms with Crippen LogP contribution in [0.3, 0.4) is 0 Å². The minimum atomic E-state index is -0.447. The molecule has 162 valence electrons. The normalized spacial score (nSPS) is 14.4. The molecule has 0 aliphatic heterocycles. The Kier molecular flexibility index (Phi) is 12.4. The molecule has 0 aromatic carbocycles. The summed E-state index contributed by atoms with van der Waals surface area (Å²) in [4.78, 5) is 28.6. The first-order valence-electron chi connectivity index (χ1n) is 9.99. The van der Waals surface area contributed by atoms with Gasteiger partial charge in [-0.1, -0.05) is 20.3 Å². The Labute approximate surface area is 174 Å². The second-order valence-corrected chi connectivity index (χ2v) is 7.08. The van der Waals surface area contributed by atoms with Crippen LogP contribution in [-0.4, -0.2) is 42.0 Å². The molecule has 0 radical (unpaired) electrons. The third kappa shape index (κ3) is 9.00. The highest BCUT2D eigenvalue weighted by atomic mass is 16.3. The third-order valence-electron chi connectivity index (χ3n) is 4.41. The number of carbonyl (C=O) groups is 2. The van der Waals surface area contributed by atoms with Gasteiger partial charge in [-0.15, -0.1) is 0 Å². The van der Waals surface area contributed by atoms with E-state index in [1.807, 2.05) is 13.8 Å². The lowest BCUT2D eigenvalue weighted by atomic mass is 9.96. The van der Waals surface area contributed by atoms with E-state index in [1.54, 1.807) is 33.8 Å². The Morgan fingerprint density at radius 3 is 2.24 bits per heavy atom. The molecular weight excluding hydrogens is 368 g/mol. The molecule has 0 saturated heterocycles. The number of ketones is 1. The molecule has 0 aliphatic carbocycles. The van der Waals surface area contributed by atoms with Crippen LogP contribution in [0.15, 0.2) is 39.2 Å². The lowest BCUT2D eigenvalue weighted by Gasteiger charge is -2.15. The Balaban J connectivity index is 5.76. The molecule has 0 aromatic rings. The number of nitrogens with one attached hydrogen (secondary N) is 3. The van der Waals surface area contributed by atoms with Gasteiger partial charge in [-0.2, -0.15) is 0 Å². The zero-order valence-electron chi connectivity index (χ0n) is 18.6. The van der Waals surface area contributed by atoms with Crippen LogP contribution in [0.2, 0.25) is 0 Å². The van der Waals surface area contributed by atoms with Crippen LogP contribution in [0.5, 0.6) is 0 Å². The van der Waals surface area contributed by atoms with E-state index in [-0.39, 0.29) is 24.1 Å². The van der Waals surface area contributed by atoms with Crippen molar-refractivity contribution in [3.8, 4) is 0 Å². The highest BCUT2D eigenvalue weighted by Crippen LogP contribution is 2.20. The lowest BCUT2D eigenvalue weighted by molar-refractivity contribution is -0.115. The summed E-state index contributed by atoms with van der Waals surface area (Å²) < 4.78 is 0. The number of carbonyl (C=O) groups excluding carboxylic acids is 2. The van der Waals surface area contributed by atoms with Crippen LogP contribution < -0.4 is 10.6 Å². The highest BCUT2D eigenvalue weighted by molar-refractivity contribution is 6.11. The maximum absolute atomic E-state index is 12.6. The van der Waals surface area contributed by atoms with Gasteiger partial charge in [-0.25, -0.2) is 4.79 Å². The Bertz CT molecular complexity index is 718. The molecule has 0 aliphatic rings.